The molecule has 0 aromatic carbocycles. The van der Waals surface area contributed by atoms with E-state index in [4.69, 9.17) is 0 Å². The van der Waals surface area contributed by atoms with E-state index in [1.165, 1.54) is 0 Å². The molecule has 1 aromatic heterocycles. The van der Waals surface area contributed by atoms with Crippen LogP contribution >= 0.6 is 0 Å². The number of hydrogen-bond acceptors (Lipinski definition) is 3. The molecule has 3 unspecified atom stereocenters. The molecule has 0 aliphatic heterocycles. The third kappa shape index (κ3) is 1.78. The molecular weight excluding hydrogens is 264 g/mol. The second-order valence-electron chi connectivity index (χ2n) is 7.39. The molecule has 2 aliphatic rings. The molecule has 3 rings (SSSR count). The first-order chi connectivity index (χ1) is 9.83. The van der Waals surface area contributed by atoms with E-state index in [2.05, 4.69) is 31.1 Å². The van der Waals surface area contributed by atoms with E-state index in [-0.39, 0.29) is 22.8 Å². The van der Waals surface area contributed by atoms with Crippen LogP contribution in [0, 0.1) is 16.2 Å². The Bertz CT molecular complexity index is 557. The minimum Gasteiger partial charge on any atom is -0.393 e. The lowest BCUT2D eigenvalue weighted by Crippen LogP contribution is -2.46. The van der Waals surface area contributed by atoms with Gasteiger partial charge in [-0.25, -0.2) is 0 Å². The molecule has 0 radical (unpaired) electrons. The molecule has 114 valence electrons. The molecule has 1 amide bonds. The molecule has 1 aromatic rings. The van der Waals surface area contributed by atoms with Crippen LogP contribution in [0.15, 0.2) is 24.5 Å². The summed E-state index contributed by atoms with van der Waals surface area (Å²) in [5.41, 5.74) is 0.222. The summed E-state index contributed by atoms with van der Waals surface area (Å²) in [6.07, 6.45) is 5.47. The zero-order valence-corrected chi connectivity index (χ0v) is 13.0. The van der Waals surface area contributed by atoms with Crippen molar-refractivity contribution in [3.63, 3.8) is 0 Å². The largest absolute Gasteiger partial charge is 0.393 e. The highest BCUT2D eigenvalue weighted by Crippen LogP contribution is 2.72. The number of nitrogens with one attached hydrogen (secondary N) is 1. The van der Waals surface area contributed by atoms with Crippen LogP contribution in [0.4, 0.5) is 0 Å². The van der Waals surface area contributed by atoms with Crippen molar-refractivity contribution in [3.8, 4) is 0 Å². The van der Waals surface area contributed by atoms with Gasteiger partial charge < -0.3 is 10.4 Å². The second kappa shape index (κ2) is 4.54. The van der Waals surface area contributed by atoms with Gasteiger partial charge in [0.15, 0.2) is 0 Å². The molecule has 2 aliphatic carbocycles. The highest BCUT2D eigenvalue weighted by molar-refractivity contribution is 5.85. The predicted molar refractivity (Wildman–Crippen MR) is 80.3 cm³/mol. The van der Waals surface area contributed by atoms with Crippen molar-refractivity contribution >= 4 is 5.91 Å². The minimum absolute atomic E-state index is 0.0802. The highest BCUT2D eigenvalue weighted by atomic mass is 16.3. The van der Waals surface area contributed by atoms with Gasteiger partial charge in [0.1, 0.15) is 0 Å². The Morgan fingerprint density at radius 1 is 1.43 bits per heavy atom. The van der Waals surface area contributed by atoms with Crippen molar-refractivity contribution in [2.75, 3.05) is 0 Å². The average molecular weight is 288 g/mol. The van der Waals surface area contributed by atoms with Gasteiger partial charge in [-0.05, 0) is 41.7 Å². The van der Waals surface area contributed by atoms with Crippen LogP contribution in [0.3, 0.4) is 0 Å². The van der Waals surface area contributed by atoms with Crippen LogP contribution in [-0.4, -0.2) is 22.1 Å². The molecular formula is C17H24N2O2. The molecule has 2 fully saturated rings. The number of aromatic nitrogens is 1. The van der Waals surface area contributed by atoms with E-state index in [1.54, 1.807) is 12.4 Å². The number of rotatable bonds is 3. The summed E-state index contributed by atoms with van der Waals surface area (Å²) in [4.78, 5) is 16.9. The quantitative estimate of drug-likeness (QED) is 0.897. The average Bonchev–Trinajstić information content (AvgIpc) is 2.76. The number of aliphatic hydroxyl groups is 1. The molecule has 2 N–H and O–H groups in total. The number of fused-ring (bicyclic) bond motifs is 2. The third-order valence-electron chi connectivity index (χ3n) is 6.58. The maximum absolute atomic E-state index is 12.9. The van der Waals surface area contributed by atoms with Crippen molar-refractivity contribution in [2.24, 2.45) is 16.2 Å². The van der Waals surface area contributed by atoms with E-state index in [1.807, 2.05) is 12.1 Å². The summed E-state index contributed by atoms with van der Waals surface area (Å²) in [6, 6.07) is 3.83. The number of nitrogens with zero attached hydrogens (tertiary/aromatic N) is 1. The maximum atomic E-state index is 12.9. The molecule has 2 bridgehead atoms. The third-order valence-corrected chi connectivity index (χ3v) is 6.58. The number of pyridine rings is 1. The van der Waals surface area contributed by atoms with Crippen molar-refractivity contribution in [2.45, 2.75) is 52.7 Å². The molecule has 0 spiro atoms. The molecule has 4 nitrogen and oxygen atoms in total. The molecule has 0 saturated heterocycles. The standard InChI is InChI=1S/C17H24N2O2/c1-15(2)16(3)6-7-17(15,9-13(16)20)14(21)19-11-12-5-4-8-18-10-12/h4-5,8,10,13,20H,6-7,9,11H2,1-3H3,(H,19,21). The first kappa shape index (κ1) is 14.5. The van der Waals surface area contributed by atoms with E-state index >= 15 is 0 Å². The van der Waals surface area contributed by atoms with Gasteiger partial charge in [-0.3, -0.25) is 9.78 Å². The van der Waals surface area contributed by atoms with Gasteiger partial charge in [0, 0.05) is 18.9 Å². The fraction of sp³-hybridized carbons (Fsp3) is 0.647. The van der Waals surface area contributed by atoms with Gasteiger partial charge in [-0.15, -0.1) is 0 Å². The maximum Gasteiger partial charge on any atom is 0.227 e. The lowest BCUT2D eigenvalue weighted by Gasteiger charge is -2.40. The van der Waals surface area contributed by atoms with Crippen molar-refractivity contribution in [1.29, 1.82) is 0 Å². The number of carbonyl (C=O) groups is 1. The normalized spacial score (nSPS) is 36.7. The van der Waals surface area contributed by atoms with Gasteiger partial charge in [-0.2, -0.15) is 0 Å². The fourth-order valence-electron chi connectivity index (χ4n) is 4.48. The number of carbonyl (C=O) groups excluding carboxylic acids is 1. The van der Waals surface area contributed by atoms with Gasteiger partial charge in [-0.1, -0.05) is 26.8 Å². The Kier molecular flexibility index (Phi) is 3.14. The predicted octanol–water partition coefficient (Wildman–Crippen LogP) is 2.28. The Labute approximate surface area is 126 Å². The second-order valence-corrected chi connectivity index (χ2v) is 7.39. The zero-order chi connectivity index (χ0) is 15.3. The summed E-state index contributed by atoms with van der Waals surface area (Å²) in [5, 5.41) is 13.5. The summed E-state index contributed by atoms with van der Waals surface area (Å²) in [7, 11) is 0. The lowest BCUT2D eigenvalue weighted by molar-refractivity contribution is -0.136. The highest BCUT2D eigenvalue weighted by Gasteiger charge is 2.72. The van der Waals surface area contributed by atoms with E-state index < -0.39 is 5.41 Å². The summed E-state index contributed by atoms with van der Waals surface area (Å²) in [5.74, 6) is 0.0802. The molecule has 3 atom stereocenters. The molecule has 2 saturated carbocycles. The topological polar surface area (TPSA) is 62.2 Å². The Morgan fingerprint density at radius 2 is 2.19 bits per heavy atom. The SMILES string of the molecule is CC12CCC(C(=O)NCc3cccnc3)(CC1O)C2(C)C. The number of amides is 1. The zero-order valence-electron chi connectivity index (χ0n) is 13.0. The first-order valence-electron chi connectivity index (χ1n) is 7.69. The smallest absolute Gasteiger partial charge is 0.227 e. The molecule has 4 heteroatoms. The monoisotopic (exact) mass is 288 g/mol. The Balaban J connectivity index is 1.79. The van der Waals surface area contributed by atoms with Crippen molar-refractivity contribution in [1.82, 2.24) is 10.3 Å². The minimum atomic E-state index is -0.441. The number of aliphatic hydroxyl groups excluding tert-OH is 1. The summed E-state index contributed by atoms with van der Waals surface area (Å²) >= 11 is 0. The molecule has 21 heavy (non-hydrogen) atoms. The van der Waals surface area contributed by atoms with Gasteiger partial charge in [0.05, 0.1) is 11.5 Å². The van der Waals surface area contributed by atoms with E-state index in [0.717, 1.165) is 18.4 Å². The van der Waals surface area contributed by atoms with Crippen LogP contribution < -0.4 is 5.32 Å². The van der Waals surface area contributed by atoms with Crippen molar-refractivity contribution in [3.05, 3.63) is 30.1 Å². The first-order valence-corrected chi connectivity index (χ1v) is 7.69. The Morgan fingerprint density at radius 3 is 2.71 bits per heavy atom. The summed E-state index contributed by atoms with van der Waals surface area (Å²) < 4.78 is 0. The number of hydrogen-bond donors (Lipinski definition) is 2. The van der Waals surface area contributed by atoms with Crippen LogP contribution in [0.1, 0.15) is 45.6 Å². The molecule has 1 heterocycles. The van der Waals surface area contributed by atoms with Gasteiger partial charge in [0.25, 0.3) is 0 Å². The van der Waals surface area contributed by atoms with Gasteiger partial charge >= 0.3 is 0 Å². The van der Waals surface area contributed by atoms with Gasteiger partial charge in [0.2, 0.25) is 5.91 Å². The Hall–Kier alpha value is -1.42. The van der Waals surface area contributed by atoms with Crippen LogP contribution in [0.5, 0.6) is 0 Å². The van der Waals surface area contributed by atoms with Crippen LogP contribution in [0.25, 0.3) is 0 Å². The fourth-order valence-corrected chi connectivity index (χ4v) is 4.48. The lowest BCUT2D eigenvalue weighted by atomic mass is 9.64. The van der Waals surface area contributed by atoms with E-state index in [0.29, 0.717) is 13.0 Å². The summed E-state index contributed by atoms with van der Waals surface area (Å²) in [6.45, 7) is 6.90. The van der Waals surface area contributed by atoms with Crippen molar-refractivity contribution < 1.29 is 9.90 Å². The van der Waals surface area contributed by atoms with Crippen LogP contribution in [0.2, 0.25) is 0 Å². The van der Waals surface area contributed by atoms with E-state index in [9.17, 15) is 9.90 Å². The van der Waals surface area contributed by atoms with Crippen LogP contribution in [-0.2, 0) is 11.3 Å².